The van der Waals surface area contributed by atoms with Crippen LogP contribution in [0.1, 0.15) is 12.0 Å². The summed E-state index contributed by atoms with van der Waals surface area (Å²) in [5.74, 6) is 0. The highest BCUT2D eigenvalue weighted by Crippen LogP contribution is 2.18. The third-order valence-corrected chi connectivity index (χ3v) is 4.08. The lowest BCUT2D eigenvalue weighted by molar-refractivity contribution is 0.124. The molecule has 0 N–H and O–H groups in total. The Bertz CT molecular complexity index is 445. The van der Waals surface area contributed by atoms with E-state index in [2.05, 4.69) is 36.1 Å². The van der Waals surface area contributed by atoms with Gasteiger partial charge in [-0.15, -0.1) is 0 Å². The molecule has 1 aromatic carbocycles. The average Bonchev–Trinajstić information content (AvgIpc) is 2.38. The first-order valence-electron chi connectivity index (χ1n) is 7.09. The minimum Gasteiger partial charge on any atom is -0.368 e. The van der Waals surface area contributed by atoms with Crippen LogP contribution in [0.5, 0.6) is 0 Å². The van der Waals surface area contributed by atoms with Crippen LogP contribution in [0.15, 0.2) is 24.3 Å². The van der Waals surface area contributed by atoms with Crippen LogP contribution in [0.3, 0.4) is 0 Å². The average molecular weight is 259 g/mol. The van der Waals surface area contributed by atoms with Crippen molar-refractivity contribution in [3.05, 3.63) is 29.8 Å². The molecule has 102 valence electrons. The predicted molar refractivity (Wildman–Crippen MR) is 76.6 cm³/mol. The van der Waals surface area contributed by atoms with Gasteiger partial charge in [0.15, 0.2) is 0 Å². The molecule has 0 spiro atoms. The highest BCUT2D eigenvalue weighted by molar-refractivity contribution is 5.75. The number of rotatable bonds is 1. The van der Waals surface area contributed by atoms with Crippen molar-refractivity contribution in [3.63, 3.8) is 0 Å². The molecule has 2 heterocycles. The van der Waals surface area contributed by atoms with Crippen molar-refractivity contribution in [1.82, 2.24) is 9.80 Å². The van der Waals surface area contributed by atoms with Crippen LogP contribution in [0.2, 0.25) is 0 Å². The van der Waals surface area contributed by atoms with E-state index in [1.54, 1.807) is 0 Å². The first kappa shape index (κ1) is 12.3. The van der Waals surface area contributed by atoms with Gasteiger partial charge in [0, 0.05) is 45.0 Å². The van der Waals surface area contributed by atoms with Crippen molar-refractivity contribution in [2.45, 2.75) is 13.3 Å². The van der Waals surface area contributed by atoms with Crippen molar-refractivity contribution >= 4 is 11.7 Å². The van der Waals surface area contributed by atoms with Gasteiger partial charge >= 0.3 is 6.03 Å². The van der Waals surface area contributed by atoms with Crippen LogP contribution in [-0.2, 0) is 0 Å². The summed E-state index contributed by atoms with van der Waals surface area (Å²) in [4.78, 5) is 18.4. The van der Waals surface area contributed by atoms with E-state index in [-0.39, 0.29) is 6.03 Å². The van der Waals surface area contributed by atoms with E-state index in [0.717, 1.165) is 45.7 Å². The molecular formula is C15H21N3O. The molecule has 0 bridgehead atoms. The number of likely N-dealkylation sites (tertiary alicyclic amines) is 1. The number of piperazine rings is 1. The van der Waals surface area contributed by atoms with Gasteiger partial charge in [-0.3, -0.25) is 0 Å². The molecule has 1 aromatic rings. The van der Waals surface area contributed by atoms with Gasteiger partial charge in [-0.2, -0.15) is 0 Å². The molecule has 2 saturated heterocycles. The SMILES string of the molecule is Cc1ccc(N2CCN(C(=O)N3CCC3)CC2)cc1. The molecule has 2 aliphatic heterocycles. The molecule has 19 heavy (non-hydrogen) atoms. The molecule has 4 nitrogen and oxygen atoms in total. The fraction of sp³-hybridized carbons (Fsp3) is 0.533. The van der Waals surface area contributed by atoms with Gasteiger partial charge in [0.2, 0.25) is 0 Å². The topological polar surface area (TPSA) is 26.8 Å². The number of aryl methyl sites for hydroxylation is 1. The van der Waals surface area contributed by atoms with Crippen LogP contribution in [0, 0.1) is 6.92 Å². The maximum atomic E-state index is 12.1. The number of nitrogens with zero attached hydrogens (tertiary/aromatic N) is 3. The lowest BCUT2D eigenvalue weighted by atomic mass is 10.2. The molecule has 0 saturated carbocycles. The summed E-state index contributed by atoms with van der Waals surface area (Å²) in [6.45, 7) is 7.53. The van der Waals surface area contributed by atoms with Crippen LogP contribution in [-0.4, -0.2) is 55.1 Å². The van der Waals surface area contributed by atoms with Gasteiger partial charge in [-0.05, 0) is 25.5 Å². The lowest BCUT2D eigenvalue weighted by Gasteiger charge is -2.41. The molecule has 2 fully saturated rings. The molecule has 0 atom stereocenters. The lowest BCUT2D eigenvalue weighted by Crippen LogP contribution is -2.55. The summed E-state index contributed by atoms with van der Waals surface area (Å²) in [6, 6.07) is 8.86. The predicted octanol–water partition coefficient (Wildman–Crippen LogP) is 1.94. The van der Waals surface area contributed by atoms with Gasteiger partial charge in [-0.1, -0.05) is 17.7 Å². The van der Waals surface area contributed by atoms with Crippen LogP contribution in [0.25, 0.3) is 0 Å². The summed E-state index contributed by atoms with van der Waals surface area (Å²) in [6.07, 6.45) is 1.16. The summed E-state index contributed by atoms with van der Waals surface area (Å²) in [5, 5.41) is 0. The van der Waals surface area contributed by atoms with E-state index in [9.17, 15) is 4.79 Å². The zero-order valence-corrected chi connectivity index (χ0v) is 11.5. The second-order valence-corrected chi connectivity index (χ2v) is 5.43. The minimum atomic E-state index is 0.231. The van der Waals surface area contributed by atoms with E-state index in [1.807, 2.05) is 9.80 Å². The molecule has 0 radical (unpaired) electrons. The molecule has 2 amide bonds. The molecule has 0 aliphatic carbocycles. The van der Waals surface area contributed by atoms with Crippen molar-refractivity contribution < 1.29 is 4.79 Å². The number of amides is 2. The monoisotopic (exact) mass is 259 g/mol. The number of carbonyl (C=O) groups excluding carboxylic acids is 1. The fourth-order valence-electron chi connectivity index (χ4n) is 2.62. The Kier molecular flexibility index (Phi) is 3.32. The second-order valence-electron chi connectivity index (χ2n) is 5.43. The standard InChI is InChI=1S/C15H21N3O/c1-13-3-5-14(6-4-13)16-9-11-18(12-10-16)15(19)17-7-2-8-17/h3-6H,2,7-12H2,1H3. The van der Waals surface area contributed by atoms with E-state index in [1.165, 1.54) is 11.3 Å². The summed E-state index contributed by atoms with van der Waals surface area (Å²) >= 11 is 0. The fourth-order valence-corrected chi connectivity index (χ4v) is 2.62. The van der Waals surface area contributed by atoms with Gasteiger partial charge in [-0.25, -0.2) is 4.79 Å². The van der Waals surface area contributed by atoms with Crippen molar-refractivity contribution in [2.75, 3.05) is 44.2 Å². The maximum absolute atomic E-state index is 12.1. The Morgan fingerprint density at radius 3 is 2.00 bits per heavy atom. The quantitative estimate of drug-likeness (QED) is 0.770. The van der Waals surface area contributed by atoms with Crippen molar-refractivity contribution in [1.29, 1.82) is 0 Å². The first-order chi connectivity index (χ1) is 9.24. The van der Waals surface area contributed by atoms with Gasteiger partial charge in [0.05, 0.1) is 0 Å². The third kappa shape index (κ3) is 2.53. The molecule has 0 aromatic heterocycles. The number of hydrogen-bond acceptors (Lipinski definition) is 2. The molecule has 0 unspecified atom stereocenters. The van der Waals surface area contributed by atoms with E-state index in [0.29, 0.717) is 0 Å². The second kappa shape index (κ2) is 5.11. The van der Waals surface area contributed by atoms with Gasteiger partial charge in [0.1, 0.15) is 0 Å². The third-order valence-electron chi connectivity index (χ3n) is 4.08. The van der Waals surface area contributed by atoms with E-state index >= 15 is 0 Å². The zero-order chi connectivity index (χ0) is 13.2. The number of hydrogen-bond donors (Lipinski definition) is 0. The number of anilines is 1. The summed E-state index contributed by atoms with van der Waals surface area (Å²) in [7, 11) is 0. The molecule has 2 aliphatic rings. The Balaban J connectivity index is 1.56. The number of urea groups is 1. The Morgan fingerprint density at radius 1 is 0.895 bits per heavy atom. The highest BCUT2D eigenvalue weighted by atomic mass is 16.2. The van der Waals surface area contributed by atoms with Crippen molar-refractivity contribution in [3.8, 4) is 0 Å². The van der Waals surface area contributed by atoms with Crippen LogP contribution < -0.4 is 4.90 Å². The van der Waals surface area contributed by atoms with Gasteiger partial charge in [0.25, 0.3) is 0 Å². The van der Waals surface area contributed by atoms with Gasteiger partial charge < -0.3 is 14.7 Å². The maximum Gasteiger partial charge on any atom is 0.320 e. The molecule has 4 heteroatoms. The number of benzene rings is 1. The Morgan fingerprint density at radius 2 is 1.47 bits per heavy atom. The minimum absolute atomic E-state index is 0.231. The Labute approximate surface area is 114 Å². The normalized spacial score (nSPS) is 19.3. The highest BCUT2D eigenvalue weighted by Gasteiger charge is 2.28. The van der Waals surface area contributed by atoms with Crippen LogP contribution in [0.4, 0.5) is 10.5 Å². The molecule has 3 rings (SSSR count). The van der Waals surface area contributed by atoms with E-state index < -0.39 is 0 Å². The zero-order valence-electron chi connectivity index (χ0n) is 11.5. The van der Waals surface area contributed by atoms with E-state index in [4.69, 9.17) is 0 Å². The molecular weight excluding hydrogens is 238 g/mol. The first-order valence-corrected chi connectivity index (χ1v) is 7.09. The smallest absolute Gasteiger partial charge is 0.320 e. The number of carbonyl (C=O) groups is 1. The Hall–Kier alpha value is -1.71. The van der Waals surface area contributed by atoms with Crippen molar-refractivity contribution in [2.24, 2.45) is 0 Å². The van der Waals surface area contributed by atoms with Crippen LogP contribution >= 0.6 is 0 Å². The largest absolute Gasteiger partial charge is 0.368 e. The summed E-state index contributed by atoms with van der Waals surface area (Å²) < 4.78 is 0. The summed E-state index contributed by atoms with van der Waals surface area (Å²) in [5.41, 5.74) is 2.55.